The standard InChI is InChI=1S/C16H10BrClF3N7O/c1-7(13-25-14(17)26-28(13)15-22-3-2-4-23-15)24-12-9-5-8(16(19,20)21)6-10(18)11(9)29-27-12/h2-7H,1H3,(H,24,27). The molecule has 3 heterocycles. The molecule has 0 aliphatic heterocycles. The maximum atomic E-state index is 13.1. The van der Waals surface area contributed by atoms with Crippen LogP contribution >= 0.6 is 27.5 Å². The highest BCUT2D eigenvalue weighted by Gasteiger charge is 2.32. The summed E-state index contributed by atoms with van der Waals surface area (Å²) in [6.07, 6.45) is -1.47. The van der Waals surface area contributed by atoms with E-state index in [0.717, 1.165) is 12.1 Å². The van der Waals surface area contributed by atoms with E-state index in [0.29, 0.717) is 10.6 Å². The third-order valence-corrected chi connectivity index (χ3v) is 4.56. The van der Waals surface area contributed by atoms with Crippen LogP contribution in [0.4, 0.5) is 19.0 Å². The van der Waals surface area contributed by atoms with Gasteiger partial charge in [-0.2, -0.15) is 17.9 Å². The molecular weight excluding hydrogens is 479 g/mol. The van der Waals surface area contributed by atoms with Crippen molar-refractivity contribution < 1.29 is 17.7 Å². The van der Waals surface area contributed by atoms with Crippen LogP contribution in [-0.2, 0) is 6.18 Å². The molecule has 0 spiro atoms. The van der Waals surface area contributed by atoms with Gasteiger partial charge in [-0.05, 0) is 41.1 Å². The molecular formula is C16H10BrClF3N7O. The Labute approximate surface area is 174 Å². The summed E-state index contributed by atoms with van der Waals surface area (Å²) in [5, 5.41) is 10.9. The number of benzene rings is 1. The number of fused-ring (bicyclic) bond motifs is 1. The van der Waals surface area contributed by atoms with E-state index in [1.807, 2.05) is 0 Å². The predicted molar refractivity (Wildman–Crippen MR) is 101 cm³/mol. The minimum absolute atomic E-state index is 0.0448. The lowest BCUT2D eigenvalue weighted by Crippen LogP contribution is -2.15. The largest absolute Gasteiger partial charge is 0.416 e. The van der Waals surface area contributed by atoms with Crippen LogP contribution in [0.5, 0.6) is 0 Å². The molecule has 1 atom stereocenters. The van der Waals surface area contributed by atoms with Crippen LogP contribution in [0.1, 0.15) is 24.4 Å². The van der Waals surface area contributed by atoms with Crippen LogP contribution < -0.4 is 5.32 Å². The molecule has 0 radical (unpaired) electrons. The van der Waals surface area contributed by atoms with Crippen molar-refractivity contribution in [3.8, 4) is 5.95 Å². The second-order valence-electron chi connectivity index (χ2n) is 5.93. The van der Waals surface area contributed by atoms with E-state index in [1.165, 1.54) is 4.68 Å². The molecule has 1 aromatic carbocycles. The van der Waals surface area contributed by atoms with Crippen LogP contribution in [0.15, 0.2) is 39.8 Å². The second kappa shape index (κ2) is 7.26. The third kappa shape index (κ3) is 3.77. The first-order chi connectivity index (χ1) is 13.7. The fourth-order valence-electron chi connectivity index (χ4n) is 2.67. The van der Waals surface area contributed by atoms with Crippen molar-refractivity contribution in [1.82, 2.24) is 29.9 Å². The number of anilines is 1. The second-order valence-corrected chi connectivity index (χ2v) is 7.05. The molecule has 0 saturated heterocycles. The minimum atomic E-state index is -4.56. The van der Waals surface area contributed by atoms with Crippen molar-refractivity contribution in [3.05, 3.63) is 51.7 Å². The number of nitrogens with one attached hydrogen (secondary N) is 1. The Morgan fingerprint density at radius 3 is 2.66 bits per heavy atom. The molecule has 0 aliphatic carbocycles. The third-order valence-electron chi connectivity index (χ3n) is 3.94. The number of rotatable bonds is 4. The zero-order valence-corrected chi connectivity index (χ0v) is 16.8. The van der Waals surface area contributed by atoms with Gasteiger partial charge in [0, 0.05) is 12.4 Å². The van der Waals surface area contributed by atoms with Crippen molar-refractivity contribution in [2.24, 2.45) is 0 Å². The lowest BCUT2D eigenvalue weighted by Gasteiger charge is -2.13. The van der Waals surface area contributed by atoms with E-state index >= 15 is 0 Å². The van der Waals surface area contributed by atoms with Gasteiger partial charge in [0.2, 0.25) is 4.73 Å². The van der Waals surface area contributed by atoms with Crippen LogP contribution in [0.2, 0.25) is 5.02 Å². The Morgan fingerprint density at radius 2 is 1.97 bits per heavy atom. The Balaban J connectivity index is 1.72. The van der Waals surface area contributed by atoms with Gasteiger partial charge in [0.25, 0.3) is 5.95 Å². The van der Waals surface area contributed by atoms with Crippen LogP contribution in [-0.4, -0.2) is 29.9 Å². The summed E-state index contributed by atoms with van der Waals surface area (Å²) >= 11 is 9.14. The number of halogens is 5. The summed E-state index contributed by atoms with van der Waals surface area (Å²) in [6, 6.07) is 2.83. The fraction of sp³-hybridized carbons (Fsp3) is 0.188. The molecule has 150 valence electrons. The monoisotopic (exact) mass is 487 g/mol. The molecule has 4 aromatic rings. The van der Waals surface area contributed by atoms with Gasteiger partial charge in [-0.15, -0.1) is 5.10 Å². The summed E-state index contributed by atoms with van der Waals surface area (Å²) in [4.78, 5) is 12.5. The van der Waals surface area contributed by atoms with Gasteiger partial charge in [-0.25, -0.2) is 15.0 Å². The van der Waals surface area contributed by atoms with Crippen LogP contribution in [0, 0.1) is 0 Å². The summed E-state index contributed by atoms with van der Waals surface area (Å²) in [5.41, 5.74) is -0.860. The van der Waals surface area contributed by atoms with Gasteiger partial charge in [0.15, 0.2) is 17.2 Å². The summed E-state index contributed by atoms with van der Waals surface area (Å²) in [7, 11) is 0. The van der Waals surface area contributed by atoms with E-state index in [-0.39, 0.29) is 27.8 Å². The lowest BCUT2D eigenvalue weighted by atomic mass is 10.1. The average Bonchev–Trinajstić information content (AvgIpc) is 3.26. The Kier molecular flexibility index (Phi) is 4.90. The van der Waals surface area contributed by atoms with Gasteiger partial charge >= 0.3 is 6.18 Å². The molecule has 1 N–H and O–H groups in total. The van der Waals surface area contributed by atoms with Crippen molar-refractivity contribution in [3.63, 3.8) is 0 Å². The molecule has 3 aromatic heterocycles. The van der Waals surface area contributed by atoms with Crippen molar-refractivity contribution in [2.75, 3.05) is 5.32 Å². The van der Waals surface area contributed by atoms with Crippen LogP contribution in [0.25, 0.3) is 16.9 Å². The summed E-state index contributed by atoms with van der Waals surface area (Å²) < 4.78 is 46.2. The Morgan fingerprint density at radius 1 is 1.24 bits per heavy atom. The highest BCUT2D eigenvalue weighted by Crippen LogP contribution is 2.38. The normalized spacial score (nSPS) is 13.0. The molecule has 0 fully saturated rings. The summed E-state index contributed by atoms with van der Waals surface area (Å²) in [5.74, 6) is 0.763. The predicted octanol–water partition coefficient (Wildman–Crippen LogP) is 4.81. The van der Waals surface area contributed by atoms with Crippen LogP contribution in [0.3, 0.4) is 0 Å². The number of hydrogen-bond acceptors (Lipinski definition) is 7. The molecule has 8 nitrogen and oxygen atoms in total. The number of hydrogen-bond donors (Lipinski definition) is 1. The van der Waals surface area contributed by atoms with E-state index < -0.39 is 17.8 Å². The zero-order valence-electron chi connectivity index (χ0n) is 14.4. The molecule has 4 rings (SSSR count). The quantitative estimate of drug-likeness (QED) is 0.441. The first-order valence-electron chi connectivity index (χ1n) is 8.06. The maximum absolute atomic E-state index is 13.1. The Bertz CT molecular complexity index is 1180. The van der Waals surface area contributed by atoms with E-state index in [2.05, 4.69) is 46.5 Å². The van der Waals surface area contributed by atoms with Gasteiger partial charge in [0.05, 0.1) is 22.0 Å². The number of nitrogens with zero attached hydrogens (tertiary/aromatic N) is 6. The zero-order chi connectivity index (χ0) is 20.8. The lowest BCUT2D eigenvalue weighted by molar-refractivity contribution is -0.137. The SMILES string of the molecule is CC(Nc1noc2c(Cl)cc(C(F)(F)F)cc12)c1nc(Br)nn1-c1ncccn1. The van der Waals surface area contributed by atoms with E-state index in [9.17, 15) is 13.2 Å². The molecule has 0 bridgehead atoms. The minimum Gasteiger partial charge on any atom is -0.357 e. The van der Waals surface area contributed by atoms with Crippen molar-refractivity contribution in [1.29, 1.82) is 0 Å². The highest BCUT2D eigenvalue weighted by atomic mass is 79.9. The molecule has 1 unspecified atom stereocenters. The van der Waals surface area contributed by atoms with Crippen molar-refractivity contribution >= 4 is 44.3 Å². The number of aromatic nitrogens is 6. The average molecular weight is 489 g/mol. The smallest absolute Gasteiger partial charge is 0.357 e. The van der Waals surface area contributed by atoms with E-state index in [1.54, 1.807) is 25.4 Å². The molecule has 29 heavy (non-hydrogen) atoms. The van der Waals surface area contributed by atoms with Gasteiger partial charge in [-0.1, -0.05) is 16.8 Å². The summed E-state index contributed by atoms with van der Waals surface area (Å²) in [6.45, 7) is 1.73. The van der Waals surface area contributed by atoms with Gasteiger partial charge in [0.1, 0.15) is 0 Å². The molecule has 0 amide bonds. The first-order valence-corrected chi connectivity index (χ1v) is 9.23. The molecule has 13 heteroatoms. The fourth-order valence-corrected chi connectivity index (χ4v) is 3.26. The molecule has 0 saturated carbocycles. The molecule has 0 aliphatic rings. The first kappa shape index (κ1) is 19.6. The van der Waals surface area contributed by atoms with Gasteiger partial charge in [-0.3, -0.25) is 0 Å². The number of alkyl halides is 3. The topological polar surface area (TPSA) is 94.6 Å². The van der Waals surface area contributed by atoms with Crippen molar-refractivity contribution in [2.45, 2.75) is 19.1 Å². The maximum Gasteiger partial charge on any atom is 0.416 e. The van der Waals surface area contributed by atoms with E-state index in [4.69, 9.17) is 16.1 Å². The Hall–Kier alpha value is -2.73. The highest BCUT2D eigenvalue weighted by molar-refractivity contribution is 9.10. The van der Waals surface area contributed by atoms with Gasteiger partial charge < -0.3 is 9.84 Å².